The minimum Gasteiger partial charge on any atom is -0.496 e. The van der Waals surface area contributed by atoms with Gasteiger partial charge in [-0.15, -0.1) is 0 Å². The van der Waals surface area contributed by atoms with Crippen LogP contribution < -0.4 is 15.0 Å². The molecule has 0 radical (unpaired) electrons. The number of nitrogens with zero attached hydrogens (tertiary/aromatic N) is 3. The van der Waals surface area contributed by atoms with Gasteiger partial charge in [0, 0.05) is 44.0 Å². The van der Waals surface area contributed by atoms with Gasteiger partial charge >= 0.3 is 0 Å². The number of para-hydroxylation sites is 2. The van der Waals surface area contributed by atoms with Gasteiger partial charge in [0.05, 0.1) is 25.7 Å². The van der Waals surface area contributed by atoms with E-state index in [1.165, 1.54) is 5.56 Å². The van der Waals surface area contributed by atoms with Crippen molar-refractivity contribution in [1.82, 2.24) is 15.1 Å². The molecule has 0 aromatic heterocycles. The Morgan fingerprint density at radius 3 is 2.42 bits per heavy atom. The summed E-state index contributed by atoms with van der Waals surface area (Å²) in [6, 6.07) is 15.5. The summed E-state index contributed by atoms with van der Waals surface area (Å²) in [5.41, 5.74) is 3.26. The number of benzene rings is 2. The predicted molar refractivity (Wildman–Crippen MR) is 130 cm³/mol. The summed E-state index contributed by atoms with van der Waals surface area (Å²) < 4.78 is 5.43. The predicted octanol–water partition coefficient (Wildman–Crippen LogP) is 2.47. The third-order valence-corrected chi connectivity index (χ3v) is 6.85. The smallest absolute Gasteiger partial charge is 0.241 e. The Bertz CT molecular complexity index is 987. The number of hydrogen-bond donors (Lipinski definition) is 1. The second-order valence-electron chi connectivity index (χ2n) is 8.88. The second-order valence-corrected chi connectivity index (χ2v) is 8.88. The van der Waals surface area contributed by atoms with Gasteiger partial charge in [-0.2, -0.15) is 0 Å². The van der Waals surface area contributed by atoms with Crippen molar-refractivity contribution in [2.45, 2.75) is 32.4 Å². The Morgan fingerprint density at radius 1 is 0.970 bits per heavy atom. The molecule has 0 bridgehead atoms. The molecule has 2 amide bonds. The van der Waals surface area contributed by atoms with E-state index in [0.29, 0.717) is 6.54 Å². The molecule has 1 saturated heterocycles. The van der Waals surface area contributed by atoms with Gasteiger partial charge in [-0.05, 0) is 38.0 Å². The first-order valence-corrected chi connectivity index (χ1v) is 11.8. The number of carbonyl (C=O) groups is 2. The SMILES string of the molecule is COc1ccccc1C(C)NC(=O)C(C)N1CCN(CC(=O)N2CCc3ccccc32)CC1. The average molecular weight is 451 g/mol. The Balaban J connectivity index is 1.26. The molecule has 2 aliphatic heterocycles. The van der Waals surface area contributed by atoms with Crippen LogP contribution >= 0.6 is 0 Å². The lowest BCUT2D eigenvalue weighted by Gasteiger charge is -2.37. The van der Waals surface area contributed by atoms with Crippen LogP contribution in [0.1, 0.15) is 31.0 Å². The Kier molecular flexibility index (Phi) is 7.30. The number of nitrogens with one attached hydrogen (secondary N) is 1. The molecule has 176 valence electrons. The highest BCUT2D eigenvalue weighted by atomic mass is 16.5. The molecule has 2 unspecified atom stereocenters. The average Bonchev–Trinajstić information content (AvgIpc) is 3.28. The highest BCUT2D eigenvalue weighted by Crippen LogP contribution is 2.28. The number of hydrogen-bond acceptors (Lipinski definition) is 5. The molecule has 7 heteroatoms. The molecule has 2 aromatic carbocycles. The lowest BCUT2D eigenvalue weighted by molar-refractivity contribution is -0.128. The van der Waals surface area contributed by atoms with Gasteiger partial charge in [0.2, 0.25) is 11.8 Å². The number of piperazine rings is 1. The second kappa shape index (κ2) is 10.4. The highest BCUT2D eigenvalue weighted by Gasteiger charge is 2.30. The fourth-order valence-electron chi connectivity index (χ4n) is 4.78. The number of carbonyl (C=O) groups excluding carboxylic acids is 2. The molecule has 2 aromatic rings. The maximum atomic E-state index is 12.9. The molecule has 33 heavy (non-hydrogen) atoms. The van der Waals surface area contributed by atoms with Gasteiger partial charge in [-0.3, -0.25) is 19.4 Å². The molecule has 0 saturated carbocycles. The van der Waals surface area contributed by atoms with E-state index in [-0.39, 0.29) is 23.9 Å². The monoisotopic (exact) mass is 450 g/mol. The van der Waals surface area contributed by atoms with Gasteiger partial charge in [0.1, 0.15) is 5.75 Å². The zero-order valence-electron chi connectivity index (χ0n) is 19.8. The van der Waals surface area contributed by atoms with Crippen molar-refractivity contribution in [2.24, 2.45) is 0 Å². The maximum Gasteiger partial charge on any atom is 0.241 e. The van der Waals surface area contributed by atoms with Crippen LogP contribution in [-0.2, 0) is 16.0 Å². The summed E-state index contributed by atoms with van der Waals surface area (Å²) in [5, 5.41) is 3.12. The Labute approximate surface area is 196 Å². The van der Waals surface area contributed by atoms with E-state index in [9.17, 15) is 9.59 Å². The van der Waals surface area contributed by atoms with E-state index in [4.69, 9.17) is 4.74 Å². The van der Waals surface area contributed by atoms with Crippen molar-refractivity contribution in [3.63, 3.8) is 0 Å². The summed E-state index contributed by atoms with van der Waals surface area (Å²) >= 11 is 0. The van der Waals surface area contributed by atoms with Crippen LogP contribution in [0.5, 0.6) is 5.75 Å². The Hall–Kier alpha value is -2.90. The third-order valence-electron chi connectivity index (χ3n) is 6.85. The van der Waals surface area contributed by atoms with Crippen LogP contribution in [0, 0.1) is 0 Å². The largest absolute Gasteiger partial charge is 0.496 e. The van der Waals surface area contributed by atoms with Crippen LogP contribution in [0.3, 0.4) is 0 Å². The first-order chi connectivity index (χ1) is 16.0. The van der Waals surface area contributed by atoms with Gasteiger partial charge in [-0.25, -0.2) is 0 Å². The number of anilines is 1. The molecule has 1 N–H and O–H groups in total. The molecule has 0 spiro atoms. The first-order valence-electron chi connectivity index (χ1n) is 11.8. The third kappa shape index (κ3) is 5.20. The number of fused-ring (bicyclic) bond motifs is 1. The number of rotatable bonds is 7. The summed E-state index contributed by atoms with van der Waals surface area (Å²) in [4.78, 5) is 32.1. The molecule has 4 rings (SSSR count). The van der Waals surface area contributed by atoms with Crippen molar-refractivity contribution in [3.8, 4) is 5.75 Å². The standard InChI is InChI=1S/C26H34N4O3/c1-19(22-9-5-7-11-24(22)33-3)27-26(32)20(2)29-16-14-28(15-17-29)18-25(31)30-13-12-21-8-4-6-10-23(21)30/h4-11,19-20H,12-18H2,1-3H3,(H,27,32). The molecular formula is C26H34N4O3. The zero-order chi connectivity index (χ0) is 23.4. The molecule has 2 heterocycles. The van der Waals surface area contributed by atoms with Gasteiger partial charge in [0.25, 0.3) is 0 Å². The zero-order valence-corrected chi connectivity index (χ0v) is 19.8. The fraction of sp³-hybridized carbons (Fsp3) is 0.462. The highest BCUT2D eigenvalue weighted by molar-refractivity contribution is 5.96. The minimum atomic E-state index is -0.231. The normalized spacial score (nSPS) is 18.5. The summed E-state index contributed by atoms with van der Waals surface area (Å²) in [7, 11) is 1.64. The fourth-order valence-corrected chi connectivity index (χ4v) is 4.78. The van der Waals surface area contributed by atoms with Gasteiger partial charge in [0.15, 0.2) is 0 Å². The molecule has 1 fully saturated rings. The van der Waals surface area contributed by atoms with Crippen LogP contribution in [-0.4, -0.2) is 74.0 Å². The summed E-state index contributed by atoms with van der Waals surface area (Å²) in [6.07, 6.45) is 0.926. The minimum absolute atomic E-state index is 0.00612. The summed E-state index contributed by atoms with van der Waals surface area (Å²) in [5.74, 6) is 0.938. The van der Waals surface area contributed by atoms with Crippen molar-refractivity contribution in [1.29, 1.82) is 0 Å². The molecule has 2 aliphatic rings. The van der Waals surface area contributed by atoms with Crippen molar-refractivity contribution in [3.05, 3.63) is 59.7 Å². The van der Waals surface area contributed by atoms with Gasteiger partial charge in [-0.1, -0.05) is 36.4 Å². The van der Waals surface area contributed by atoms with E-state index in [1.54, 1.807) is 7.11 Å². The van der Waals surface area contributed by atoms with Crippen LogP contribution in [0.15, 0.2) is 48.5 Å². The first kappa shape index (κ1) is 23.3. The topological polar surface area (TPSA) is 65.1 Å². The van der Waals surface area contributed by atoms with E-state index in [1.807, 2.05) is 61.2 Å². The van der Waals surface area contributed by atoms with E-state index >= 15 is 0 Å². The quantitative estimate of drug-likeness (QED) is 0.702. The van der Waals surface area contributed by atoms with Crippen molar-refractivity contribution < 1.29 is 14.3 Å². The molecule has 2 atom stereocenters. The number of methoxy groups -OCH3 is 1. The number of amides is 2. The molecule has 7 nitrogen and oxygen atoms in total. The van der Waals surface area contributed by atoms with E-state index in [0.717, 1.165) is 56.1 Å². The van der Waals surface area contributed by atoms with E-state index < -0.39 is 0 Å². The molecular weight excluding hydrogens is 416 g/mol. The lowest BCUT2D eigenvalue weighted by Crippen LogP contribution is -2.55. The van der Waals surface area contributed by atoms with Crippen LogP contribution in [0.2, 0.25) is 0 Å². The van der Waals surface area contributed by atoms with Gasteiger partial charge < -0.3 is 15.0 Å². The molecule has 0 aliphatic carbocycles. The Morgan fingerprint density at radius 2 is 1.67 bits per heavy atom. The van der Waals surface area contributed by atoms with Crippen molar-refractivity contribution in [2.75, 3.05) is 51.3 Å². The van der Waals surface area contributed by atoms with E-state index in [2.05, 4.69) is 21.2 Å². The number of ether oxygens (including phenoxy) is 1. The maximum absolute atomic E-state index is 12.9. The van der Waals surface area contributed by atoms with Crippen molar-refractivity contribution >= 4 is 17.5 Å². The summed E-state index contributed by atoms with van der Waals surface area (Å²) in [6.45, 7) is 8.20. The lowest BCUT2D eigenvalue weighted by atomic mass is 10.1. The van der Waals surface area contributed by atoms with Crippen LogP contribution in [0.4, 0.5) is 5.69 Å². The van der Waals surface area contributed by atoms with Crippen LogP contribution in [0.25, 0.3) is 0 Å².